The molecule has 1 heterocycles. The fourth-order valence-corrected chi connectivity index (χ4v) is 4.48. The summed E-state index contributed by atoms with van der Waals surface area (Å²) in [6.45, 7) is 0. The number of carbonyl (C=O) groups excluding carboxylic acids is 1. The molecule has 1 amide bonds. The molecule has 8 nitrogen and oxygen atoms in total. The lowest BCUT2D eigenvalue weighted by Crippen LogP contribution is -2.20. The van der Waals surface area contributed by atoms with Gasteiger partial charge in [-0.1, -0.05) is 42.5 Å². The van der Waals surface area contributed by atoms with Crippen LogP contribution in [0.15, 0.2) is 107 Å². The van der Waals surface area contributed by atoms with E-state index < -0.39 is 10.1 Å². The number of hydrogen-bond donors (Lipinski definition) is 1. The van der Waals surface area contributed by atoms with Crippen LogP contribution in [0.1, 0.15) is 22.3 Å². The zero-order valence-corrected chi connectivity index (χ0v) is 20.9. The van der Waals surface area contributed by atoms with Gasteiger partial charge in [-0.15, -0.1) is 0 Å². The Hall–Kier alpha value is -4.50. The molecule has 0 radical (unpaired) electrons. The average molecular weight is 516 g/mol. The molecule has 0 saturated carbocycles. The highest BCUT2D eigenvalue weighted by molar-refractivity contribution is 7.87. The lowest BCUT2D eigenvalue weighted by atomic mass is 10.1. The Bertz CT molecular complexity index is 1490. The minimum atomic E-state index is -4.09. The minimum Gasteiger partial charge on any atom is -0.497 e. The number of carbonyl (C=O) groups is 1. The van der Waals surface area contributed by atoms with E-state index in [4.69, 9.17) is 8.92 Å². The lowest BCUT2D eigenvalue weighted by Gasteiger charge is -2.10. The van der Waals surface area contributed by atoms with Crippen molar-refractivity contribution in [3.63, 3.8) is 0 Å². The number of rotatable bonds is 10. The topological polar surface area (TPSA) is 107 Å². The first kappa shape index (κ1) is 25.6. The largest absolute Gasteiger partial charge is 0.497 e. The van der Waals surface area contributed by atoms with Crippen LogP contribution in [0.3, 0.4) is 0 Å². The van der Waals surface area contributed by atoms with Crippen LogP contribution in [0.25, 0.3) is 0 Å². The van der Waals surface area contributed by atoms with Gasteiger partial charge in [0.25, 0.3) is 0 Å². The maximum atomic E-state index is 12.9. The number of nitrogens with zero attached hydrogens (tertiary/aromatic N) is 2. The van der Waals surface area contributed by atoms with E-state index in [1.807, 2.05) is 18.2 Å². The number of methoxy groups -OCH3 is 1. The molecule has 3 aromatic carbocycles. The monoisotopic (exact) mass is 515 g/mol. The number of nitrogens with one attached hydrogen (secondary N) is 1. The number of benzene rings is 3. The molecule has 9 heteroatoms. The Kier molecular flexibility index (Phi) is 8.27. The zero-order chi connectivity index (χ0) is 26.1. The van der Waals surface area contributed by atoms with Gasteiger partial charge in [-0.05, 0) is 65.6 Å². The normalized spacial score (nSPS) is 11.3. The van der Waals surface area contributed by atoms with Gasteiger partial charge in [-0.2, -0.15) is 13.5 Å². The van der Waals surface area contributed by atoms with Gasteiger partial charge in [0, 0.05) is 18.0 Å². The second kappa shape index (κ2) is 12.0. The SMILES string of the molecule is COc1cccc(CC(=O)NN=Cc2ccccc2OS(=O)(=O)c2ccc(Cc3cccnc3)cc2)c1. The molecule has 0 unspecified atom stereocenters. The molecule has 0 atom stereocenters. The summed E-state index contributed by atoms with van der Waals surface area (Å²) < 4.78 is 36.4. The molecule has 37 heavy (non-hydrogen) atoms. The van der Waals surface area contributed by atoms with Crippen LogP contribution in [0.2, 0.25) is 0 Å². The van der Waals surface area contributed by atoms with Crippen LogP contribution in [-0.4, -0.2) is 32.6 Å². The summed E-state index contributed by atoms with van der Waals surface area (Å²) in [5.74, 6) is 0.416. The summed E-state index contributed by atoms with van der Waals surface area (Å²) in [6.07, 6.45) is 5.56. The summed E-state index contributed by atoms with van der Waals surface area (Å²) >= 11 is 0. The maximum Gasteiger partial charge on any atom is 0.339 e. The van der Waals surface area contributed by atoms with Gasteiger partial charge in [0.05, 0.1) is 19.7 Å². The Morgan fingerprint density at radius 3 is 2.49 bits per heavy atom. The van der Waals surface area contributed by atoms with Gasteiger partial charge in [0.15, 0.2) is 5.75 Å². The summed E-state index contributed by atoms with van der Waals surface area (Å²) in [4.78, 5) is 16.4. The number of aromatic nitrogens is 1. The molecule has 1 aromatic heterocycles. The molecule has 4 aromatic rings. The first-order valence-electron chi connectivity index (χ1n) is 11.4. The fourth-order valence-electron chi connectivity index (χ4n) is 3.52. The number of hydrazone groups is 1. The molecule has 0 aliphatic rings. The molecule has 188 valence electrons. The van der Waals surface area contributed by atoms with Gasteiger partial charge in [0.2, 0.25) is 5.91 Å². The third-order valence-electron chi connectivity index (χ3n) is 5.35. The minimum absolute atomic E-state index is 0.0285. The third kappa shape index (κ3) is 7.25. The van der Waals surface area contributed by atoms with Gasteiger partial charge < -0.3 is 8.92 Å². The van der Waals surface area contributed by atoms with Crippen LogP contribution in [0.5, 0.6) is 11.5 Å². The third-order valence-corrected chi connectivity index (χ3v) is 6.60. The number of para-hydroxylation sites is 1. The van der Waals surface area contributed by atoms with Crippen molar-refractivity contribution in [1.82, 2.24) is 10.4 Å². The van der Waals surface area contributed by atoms with E-state index in [1.165, 1.54) is 24.4 Å². The van der Waals surface area contributed by atoms with Crippen LogP contribution < -0.4 is 14.3 Å². The Labute approximate surface area is 215 Å². The van der Waals surface area contributed by atoms with Crippen LogP contribution in [0.4, 0.5) is 0 Å². The molecule has 1 N–H and O–H groups in total. The van der Waals surface area contributed by atoms with Crippen molar-refractivity contribution in [3.05, 3.63) is 120 Å². The van der Waals surface area contributed by atoms with Crippen LogP contribution in [-0.2, 0) is 27.8 Å². The number of pyridine rings is 1. The Morgan fingerprint density at radius 2 is 1.73 bits per heavy atom. The summed E-state index contributed by atoms with van der Waals surface area (Å²) in [5.41, 5.74) is 5.58. The average Bonchev–Trinajstić information content (AvgIpc) is 2.90. The first-order valence-corrected chi connectivity index (χ1v) is 12.8. The first-order chi connectivity index (χ1) is 17.9. The molecule has 0 saturated heterocycles. The fraction of sp³-hybridized carbons (Fsp3) is 0.107. The second-order valence-electron chi connectivity index (χ2n) is 8.08. The predicted molar refractivity (Wildman–Crippen MR) is 140 cm³/mol. The summed E-state index contributed by atoms with van der Waals surface area (Å²) in [7, 11) is -2.53. The van der Waals surface area contributed by atoms with Crippen LogP contribution >= 0.6 is 0 Å². The van der Waals surface area contributed by atoms with E-state index in [0.29, 0.717) is 17.7 Å². The zero-order valence-electron chi connectivity index (χ0n) is 20.1. The van der Waals surface area contributed by atoms with Gasteiger partial charge in [0.1, 0.15) is 10.6 Å². The lowest BCUT2D eigenvalue weighted by molar-refractivity contribution is -0.120. The van der Waals surface area contributed by atoms with E-state index in [9.17, 15) is 13.2 Å². The van der Waals surface area contributed by atoms with Gasteiger partial charge in [-0.3, -0.25) is 9.78 Å². The van der Waals surface area contributed by atoms with E-state index in [1.54, 1.807) is 68.0 Å². The van der Waals surface area contributed by atoms with Crippen molar-refractivity contribution < 1.29 is 22.1 Å². The van der Waals surface area contributed by atoms with Crippen molar-refractivity contribution in [2.75, 3.05) is 7.11 Å². The Morgan fingerprint density at radius 1 is 0.946 bits per heavy atom. The quantitative estimate of drug-likeness (QED) is 0.193. The van der Waals surface area contributed by atoms with Gasteiger partial charge in [-0.25, -0.2) is 5.43 Å². The van der Waals surface area contributed by atoms with Crippen molar-refractivity contribution in [3.8, 4) is 11.5 Å². The predicted octanol–water partition coefficient (Wildman–Crippen LogP) is 4.14. The van der Waals surface area contributed by atoms with Crippen molar-refractivity contribution in [2.24, 2.45) is 5.10 Å². The molecule has 0 aliphatic heterocycles. The van der Waals surface area contributed by atoms with Crippen molar-refractivity contribution >= 4 is 22.2 Å². The summed E-state index contributed by atoms with van der Waals surface area (Å²) in [5, 5.41) is 3.96. The van der Waals surface area contributed by atoms with Crippen LogP contribution in [0, 0.1) is 0 Å². The van der Waals surface area contributed by atoms with E-state index in [2.05, 4.69) is 15.5 Å². The summed E-state index contributed by atoms with van der Waals surface area (Å²) in [6, 6.07) is 24.0. The number of hydrogen-bond acceptors (Lipinski definition) is 7. The van der Waals surface area contributed by atoms with Crippen molar-refractivity contribution in [2.45, 2.75) is 17.7 Å². The molecule has 0 fully saturated rings. The highest BCUT2D eigenvalue weighted by Gasteiger charge is 2.18. The molecule has 0 bridgehead atoms. The van der Waals surface area contributed by atoms with E-state index in [0.717, 1.165) is 16.7 Å². The van der Waals surface area contributed by atoms with E-state index in [-0.39, 0.29) is 23.0 Å². The molecular formula is C28H25N3O5S. The highest BCUT2D eigenvalue weighted by atomic mass is 32.2. The Balaban J connectivity index is 1.40. The molecular weight excluding hydrogens is 490 g/mol. The highest BCUT2D eigenvalue weighted by Crippen LogP contribution is 2.23. The van der Waals surface area contributed by atoms with Crippen molar-refractivity contribution in [1.29, 1.82) is 0 Å². The van der Waals surface area contributed by atoms with Gasteiger partial charge >= 0.3 is 10.1 Å². The smallest absolute Gasteiger partial charge is 0.339 e. The molecule has 4 rings (SSSR count). The standard InChI is InChI=1S/C28H25N3O5S/c1-35-25-9-4-6-22(17-25)18-28(32)31-30-20-24-8-2-3-10-27(24)36-37(33,34)26-13-11-21(12-14-26)16-23-7-5-15-29-19-23/h2-15,17,19-20H,16,18H2,1H3,(H,31,32). The number of ether oxygens (including phenoxy) is 1. The molecule has 0 aliphatic carbocycles. The second-order valence-corrected chi connectivity index (χ2v) is 9.63. The van der Waals surface area contributed by atoms with E-state index >= 15 is 0 Å². The maximum absolute atomic E-state index is 12.9. The number of amides is 1. The molecule has 0 spiro atoms.